The minimum atomic E-state index is -0.0829. The van der Waals surface area contributed by atoms with Crippen molar-refractivity contribution < 1.29 is 9.59 Å². The Labute approximate surface area is 137 Å². The summed E-state index contributed by atoms with van der Waals surface area (Å²) < 4.78 is 1.00. The Morgan fingerprint density at radius 1 is 1.00 bits per heavy atom. The van der Waals surface area contributed by atoms with E-state index in [-0.39, 0.29) is 29.1 Å². The van der Waals surface area contributed by atoms with Gasteiger partial charge in [0.25, 0.3) is 0 Å². The zero-order chi connectivity index (χ0) is 15.1. The summed E-state index contributed by atoms with van der Waals surface area (Å²) in [6.07, 6.45) is 6.81. The minimum Gasteiger partial charge on any atom is -0.278 e. The quantitative estimate of drug-likeness (QED) is 0.602. The van der Waals surface area contributed by atoms with E-state index in [1.54, 1.807) is 0 Å². The number of carbonyl (C=O) groups is 2. The smallest absolute Gasteiger partial charge is 0.234 e. The molecule has 0 unspecified atom stereocenters. The van der Waals surface area contributed by atoms with Gasteiger partial charge in [-0.05, 0) is 47.8 Å². The van der Waals surface area contributed by atoms with Crippen LogP contribution in [0.15, 0.2) is 40.9 Å². The molecular weight excluding hydrogens is 342 g/mol. The number of hydrogen-bond acceptors (Lipinski definition) is 2. The van der Waals surface area contributed by atoms with Crippen LogP contribution < -0.4 is 0 Å². The van der Waals surface area contributed by atoms with E-state index >= 15 is 0 Å². The second-order valence-electron chi connectivity index (χ2n) is 7.11. The van der Waals surface area contributed by atoms with E-state index in [0.29, 0.717) is 18.4 Å². The number of halogens is 1. The second-order valence-corrected chi connectivity index (χ2v) is 8.03. The number of imide groups is 1. The van der Waals surface area contributed by atoms with Gasteiger partial charge in [-0.1, -0.05) is 40.2 Å². The lowest BCUT2D eigenvalue weighted by atomic mass is 9.85. The third-order valence-electron chi connectivity index (χ3n) is 6.20. The van der Waals surface area contributed by atoms with Crippen LogP contribution in [0.3, 0.4) is 0 Å². The van der Waals surface area contributed by atoms with Gasteiger partial charge in [-0.2, -0.15) is 0 Å². The zero-order valence-electron chi connectivity index (χ0n) is 12.0. The van der Waals surface area contributed by atoms with E-state index in [4.69, 9.17) is 0 Å². The number of allylic oxidation sites excluding steroid dienone is 2. The van der Waals surface area contributed by atoms with Gasteiger partial charge in [0, 0.05) is 4.47 Å². The minimum absolute atomic E-state index is 0.0565. The lowest BCUT2D eigenvalue weighted by Crippen LogP contribution is -2.34. The molecule has 3 nitrogen and oxygen atoms in total. The maximum atomic E-state index is 12.8. The first-order valence-electron chi connectivity index (χ1n) is 7.90. The van der Waals surface area contributed by atoms with Crippen molar-refractivity contribution in [2.24, 2.45) is 29.1 Å². The van der Waals surface area contributed by atoms with Crippen LogP contribution in [0.1, 0.15) is 18.4 Å². The van der Waals surface area contributed by atoms with E-state index in [0.717, 1.165) is 10.0 Å². The molecule has 112 valence electrons. The van der Waals surface area contributed by atoms with E-state index in [1.807, 2.05) is 24.3 Å². The molecule has 0 radical (unpaired) electrons. The summed E-state index contributed by atoms with van der Waals surface area (Å²) in [5.74, 6) is 0.575. The van der Waals surface area contributed by atoms with Gasteiger partial charge in [0.15, 0.2) is 0 Å². The Bertz CT molecular complexity index is 685. The molecule has 5 rings (SSSR count). The van der Waals surface area contributed by atoms with Crippen LogP contribution in [0, 0.1) is 29.1 Å². The molecule has 2 amide bonds. The molecule has 1 spiro atoms. The van der Waals surface area contributed by atoms with Crippen LogP contribution >= 0.6 is 15.9 Å². The van der Waals surface area contributed by atoms with E-state index in [2.05, 4.69) is 28.1 Å². The van der Waals surface area contributed by atoms with Gasteiger partial charge in [-0.3, -0.25) is 14.5 Å². The molecule has 4 heteroatoms. The average Bonchev–Trinajstić information content (AvgIpc) is 3.12. The van der Waals surface area contributed by atoms with Crippen LogP contribution in [0.25, 0.3) is 0 Å². The highest BCUT2D eigenvalue weighted by atomic mass is 79.9. The van der Waals surface area contributed by atoms with E-state index < -0.39 is 0 Å². The molecule has 3 fully saturated rings. The van der Waals surface area contributed by atoms with Gasteiger partial charge in [-0.25, -0.2) is 0 Å². The Kier molecular flexibility index (Phi) is 2.44. The fourth-order valence-corrected chi connectivity index (χ4v) is 5.33. The normalized spacial score (nSPS) is 36.5. The van der Waals surface area contributed by atoms with Crippen molar-refractivity contribution >= 4 is 27.7 Å². The topological polar surface area (TPSA) is 37.4 Å². The Hall–Kier alpha value is -1.42. The third kappa shape index (κ3) is 1.47. The number of rotatable bonds is 2. The lowest BCUT2D eigenvalue weighted by molar-refractivity contribution is -0.141. The largest absolute Gasteiger partial charge is 0.278 e. The highest BCUT2D eigenvalue weighted by Gasteiger charge is 2.73. The predicted molar refractivity (Wildman–Crippen MR) is 84.5 cm³/mol. The fourth-order valence-electron chi connectivity index (χ4n) is 5.07. The maximum Gasteiger partial charge on any atom is 0.234 e. The highest BCUT2D eigenvalue weighted by molar-refractivity contribution is 9.10. The van der Waals surface area contributed by atoms with E-state index in [1.165, 1.54) is 17.7 Å². The van der Waals surface area contributed by atoms with Crippen molar-refractivity contribution in [1.29, 1.82) is 0 Å². The summed E-state index contributed by atoms with van der Waals surface area (Å²) in [6, 6.07) is 7.83. The molecule has 1 aromatic rings. The molecule has 4 aliphatic rings. The number of benzene rings is 1. The molecule has 0 aromatic heterocycles. The van der Waals surface area contributed by atoms with Crippen LogP contribution in [0.5, 0.6) is 0 Å². The van der Waals surface area contributed by atoms with Crippen LogP contribution in [0.4, 0.5) is 0 Å². The van der Waals surface area contributed by atoms with Gasteiger partial charge in [-0.15, -0.1) is 0 Å². The van der Waals surface area contributed by atoms with Crippen LogP contribution in [-0.4, -0.2) is 16.7 Å². The number of fused-ring (bicyclic) bond motifs is 3. The fraction of sp³-hybridized carbons (Fsp3) is 0.444. The number of carbonyl (C=O) groups excluding carboxylic acids is 2. The van der Waals surface area contributed by atoms with Crippen molar-refractivity contribution in [2.75, 3.05) is 0 Å². The molecule has 2 bridgehead atoms. The number of hydrogen-bond donors (Lipinski definition) is 0. The summed E-state index contributed by atoms with van der Waals surface area (Å²) in [4.78, 5) is 27.2. The zero-order valence-corrected chi connectivity index (χ0v) is 13.6. The van der Waals surface area contributed by atoms with Crippen molar-refractivity contribution in [3.8, 4) is 0 Å². The third-order valence-corrected chi connectivity index (χ3v) is 6.73. The molecule has 22 heavy (non-hydrogen) atoms. The first-order valence-corrected chi connectivity index (χ1v) is 8.69. The predicted octanol–water partition coefficient (Wildman–Crippen LogP) is 3.15. The average molecular weight is 358 g/mol. The summed E-state index contributed by atoms with van der Waals surface area (Å²) in [5, 5.41) is 0. The van der Waals surface area contributed by atoms with Gasteiger partial charge < -0.3 is 0 Å². The lowest BCUT2D eigenvalue weighted by Gasteiger charge is -2.21. The molecule has 1 aliphatic heterocycles. The number of likely N-dealkylation sites (tertiary alicyclic amines) is 1. The van der Waals surface area contributed by atoms with Crippen molar-refractivity contribution in [1.82, 2.24) is 4.90 Å². The van der Waals surface area contributed by atoms with Gasteiger partial charge >= 0.3 is 0 Å². The molecule has 4 atom stereocenters. The summed E-state index contributed by atoms with van der Waals surface area (Å²) >= 11 is 3.41. The van der Waals surface area contributed by atoms with Gasteiger partial charge in [0.1, 0.15) is 0 Å². The number of amides is 2. The molecule has 2 saturated carbocycles. The van der Waals surface area contributed by atoms with Crippen LogP contribution in [-0.2, 0) is 16.1 Å². The second kappa shape index (κ2) is 4.10. The van der Waals surface area contributed by atoms with Gasteiger partial charge in [0.05, 0.1) is 18.4 Å². The summed E-state index contributed by atoms with van der Waals surface area (Å²) in [6.45, 7) is 0.407. The monoisotopic (exact) mass is 357 g/mol. The van der Waals surface area contributed by atoms with Crippen molar-refractivity contribution in [3.05, 3.63) is 46.5 Å². The molecule has 1 heterocycles. The maximum absolute atomic E-state index is 12.8. The standard InChI is InChI=1S/C18H16BrNO2/c19-11-3-1-10(2-4-11)9-20-16(21)14-12-5-6-13(15(14)17(20)22)18(12)7-8-18/h1-6,12-15H,7-9H2/t12-,13-,14-,15+/m1/s1. The first kappa shape index (κ1) is 13.1. The Morgan fingerprint density at radius 3 is 2.05 bits per heavy atom. The van der Waals surface area contributed by atoms with Gasteiger partial charge in [0.2, 0.25) is 11.8 Å². The molecule has 1 aromatic carbocycles. The van der Waals surface area contributed by atoms with Crippen LogP contribution in [0.2, 0.25) is 0 Å². The Balaban J connectivity index is 1.45. The summed E-state index contributed by atoms with van der Waals surface area (Å²) in [7, 11) is 0. The SMILES string of the molecule is O=C1[C@@H]2[C@H](C(=O)N1Cc1ccc(Br)cc1)[C@H]1C=C[C@H]2C12CC2. The van der Waals surface area contributed by atoms with Crippen molar-refractivity contribution in [2.45, 2.75) is 19.4 Å². The first-order chi connectivity index (χ1) is 10.6. The highest BCUT2D eigenvalue weighted by Crippen LogP contribution is 2.73. The van der Waals surface area contributed by atoms with Crippen molar-refractivity contribution in [3.63, 3.8) is 0 Å². The molecule has 1 saturated heterocycles. The molecule has 0 N–H and O–H groups in total. The number of nitrogens with zero attached hydrogens (tertiary/aromatic N) is 1. The molecule has 3 aliphatic carbocycles. The van der Waals surface area contributed by atoms with E-state index in [9.17, 15) is 9.59 Å². The molecular formula is C18H16BrNO2. The Morgan fingerprint density at radius 2 is 1.55 bits per heavy atom. The summed E-state index contributed by atoms with van der Waals surface area (Å²) in [5.41, 5.74) is 1.29.